The van der Waals surface area contributed by atoms with Gasteiger partial charge in [0.15, 0.2) is 0 Å². The van der Waals surface area contributed by atoms with E-state index in [0.29, 0.717) is 5.92 Å². The van der Waals surface area contributed by atoms with Crippen LogP contribution in [0.1, 0.15) is 37.6 Å². The molecule has 1 unspecified atom stereocenters. The van der Waals surface area contributed by atoms with Gasteiger partial charge in [-0.15, -0.1) is 0 Å². The van der Waals surface area contributed by atoms with Gasteiger partial charge < -0.3 is 15.0 Å². The summed E-state index contributed by atoms with van der Waals surface area (Å²) in [5.74, 6) is 0.736. The highest BCUT2D eigenvalue weighted by molar-refractivity contribution is 5.83. The van der Waals surface area contributed by atoms with Gasteiger partial charge in [-0.1, -0.05) is 112 Å². The molecule has 0 spiro atoms. The molecular formula is C34H37N3O2. The molecule has 1 aliphatic carbocycles. The molecule has 1 atom stereocenters. The number of carboxylic acid groups (broad SMARTS) is 1. The van der Waals surface area contributed by atoms with Crippen LogP contribution in [0.2, 0.25) is 0 Å². The van der Waals surface area contributed by atoms with Crippen LogP contribution < -0.4 is 5.32 Å². The normalized spacial score (nSPS) is 15.0. The summed E-state index contributed by atoms with van der Waals surface area (Å²) in [6, 6.07) is 16.3. The first kappa shape index (κ1) is 27.6. The number of hydrogen-bond donors (Lipinski definition) is 2. The number of benzene rings is 2. The van der Waals surface area contributed by atoms with Crippen LogP contribution in [0.3, 0.4) is 0 Å². The Morgan fingerprint density at radius 3 is 2.67 bits per heavy atom. The van der Waals surface area contributed by atoms with Gasteiger partial charge >= 0.3 is 5.97 Å². The van der Waals surface area contributed by atoms with Crippen LogP contribution in [-0.2, 0) is 17.8 Å². The summed E-state index contributed by atoms with van der Waals surface area (Å²) in [5.41, 5.74) is 6.26. The van der Waals surface area contributed by atoms with Gasteiger partial charge in [0.25, 0.3) is 0 Å². The molecule has 0 saturated carbocycles. The number of allylic oxidation sites excluding steroid dienone is 9. The number of hydrogen-bond acceptors (Lipinski definition) is 3. The topological polar surface area (TPSA) is 67.2 Å². The van der Waals surface area contributed by atoms with Crippen molar-refractivity contribution in [3.05, 3.63) is 121 Å². The Hall–Kier alpha value is -4.38. The summed E-state index contributed by atoms with van der Waals surface area (Å²) in [5, 5.41) is 12.1. The minimum absolute atomic E-state index is 0.129. The Bertz CT molecular complexity index is 1420. The molecule has 5 nitrogen and oxygen atoms in total. The van der Waals surface area contributed by atoms with Gasteiger partial charge in [-0.05, 0) is 35.6 Å². The van der Waals surface area contributed by atoms with Crippen molar-refractivity contribution >= 4 is 11.7 Å². The van der Waals surface area contributed by atoms with Crippen molar-refractivity contribution < 1.29 is 9.90 Å². The minimum atomic E-state index is -0.891. The molecular weight excluding hydrogens is 482 g/mol. The number of nitrogens with zero attached hydrogens (tertiary/aromatic N) is 2. The van der Waals surface area contributed by atoms with Crippen LogP contribution in [-0.4, -0.2) is 27.2 Å². The second kappa shape index (κ2) is 13.4. The maximum absolute atomic E-state index is 11.1. The van der Waals surface area contributed by atoms with Crippen molar-refractivity contribution in [3.63, 3.8) is 0 Å². The lowest BCUT2D eigenvalue weighted by molar-refractivity contribution is -0.134. The molecule has 4 rings (SSSR count). The van der Waals surface area contributed by atoms with E-state index in [4.69, 9.17) is 10.1 Å². The summed E-state index contributed by atoms with van der Waals surface area (Å²) in [6.45, 7) is 8.96. The van der Waals surface area contributed by atoms with Crippen molar-refractivity contribution in [3.8, 4) is 22.5 Å². The second-order valence-electron chi connectivity index (χ2n) is 10.1. The molecule has 1 aromatic heterocycles. The van der Waals surface area contributed by atoms with E-state index in [1.165, 1.54) is 5.69 Å². The molecule has 39 heavy (non-hydrogen) atoms. The number of imidazole rings is 1. The summed E-state index contributed by atoms with van der Waals surface area (Å²) in [4.78, 5) is 16.4. The van der Waals surface area contributed by atoms with Crippen LogP contribution in [0.25, 0.3) is 22.5 Å². The maximum Gasteiger partial charge on any atom is 0.322 e. The fourth-order valence-corrected chi connectivity index (χ4v) is 4.87. The van der Waals surface area contributed by atoms with E-state index >= 15 is 0 Å². The third-order valence-corrected chi connectivity index (χ3v) is 6.57. The standard InChI is InChI=1S/C34H37N3O2/c1-4-5-6-7-11-21-31-33(26-15-9-8-10-16-26)36-34(37(31)24-25(2)3)30-20-13-12-19-29(30)27-17-14-18-28(22-27)35-23-32(38)39/h4-15,17-20,22,25-26,35H,1,16,21,23-24H2,2-3H3,(H,38,39)/b6-5-,11-7-. The Labute approximate surface area is 231 Å². The molecule has 200 valence electrons. The van der Waals surface area contributed by atoms with E-state index in [0.717, 1.165) is 53.3 Å². The zero-order valence-corrected chi connectivity index (χ0v) is 22.8. The largest absolute Gasteiger partial charge is 0.480 e. The van der Waals surface area contributed by atoms with Gasteiger partial charge in [0.05, 0.1) is 5.69 Å². The van der Waals surface area contributed by atoms with Gasteiger partial charge in [-0.3, -0.25) is 4.79 Å². The van der Waals surface area contributed by atoms with E-state index in [9.17, 15) is 4.79 Å². The lowest BCUT2D eigenvalue weighted by Crippen LogP contribution is -2.12. The predicted octanol–water partition coefficient (Wildman–Crippen LogP) is 7.81. The third-order valence-electron chi connectivity index (χ3n) is 6.57. The van der Waals surface area contributed by atoms with E-state index in [2.05, 4.69) is 91.0 Å². The highest BCUT2D eigenvalue weighted by Gasteiger charge is 2.24. The highest BCUT2D eigenvalue weighted by atomic mass is 16.4. The zero-order chi connectivity index (χ0) is 27.6. The minimum Gasteiger partial charge on any atom is -0.480 e. The van der Waals surface area contributed by atoms with E-state index in [-0.39, 0.29) is 12.5 Å². The SMILES string of the molecule is C=C/C=C\C=C/Cc1c(C2C=CC=CC2)nc(-c2ccccc2-c2cccc(NCC(=O)O)c2)n1CC(C)C. The number of rotatable bonds is 12. The van der Waals surface area contributed by atoms with E-state index < -0.39 is 5.97 Å². The Kier molecular flexibility index (Phi) is 9.52. The van der Waals surface area contributed by atoms with Crippen LogP contribution in [0, 0.1) is 5.92 Å². The first-order valence-electron chi connectivity index (χ1n) is 13.5. The molecule has 1 heterocycles. The quantitative estimate of drug-likeness (QED) is 0.240. The van der Waals surface area contributed by atoms with E-state index in [1.54, 1.807) is 6.08 Å². The van der Waals surface area contributed by atoms with Gasteiger partial charge in [0.2, 0.25) is 0 Å². The second-order valence-corrected chi connectivity index (χ2v) is 10.1. The first-order valence-corrected chi connectivity index (χ1v) is 13.5. The number of carbonyl (C=O) groups is 1. The molecule has 0 aliphatic heterocycles. The third kappa shape index (κ3) is 7.14. The maximum atomic E-state index is 11.1. The van der Waals surface area contributed by atoms with Gasteiger partial charge in [0, 0.05) is 35.8 Å². The summed E-state index contributed by atoms with van der Waals surface area (Å²) >= 11 is 0. The van der Waals surface area contributed by atoms with E-state index in [1.807, 2.05) is 36.4 Å². The van der Waals surface area contributed by atoms with Crippen LogP contribution in [0.15, 0.2) is 110 Å². The molecule has 0 saturated heterocycles. The highest BCUT2D eigenvalue weighted by Crippen LogP contribution is 2.37. The fraction of sp³-hybridized carbons (Fsp3) is 0.235. The molecule has 2 aromatic carbocycles. The van der Waals surface area contributed by atoms with Gasteiger partial charge in [-0.25, -0.2) is 4.98 Å². The summed E-state index contributed by atoms with van der Waals surface area (Å²) < 4.78 is 2.40. The predicted molar refractivity (Wildman–Crippen MR) is 162 cm³/mol. The number of nitrogens with one attached hydrogen (secondary N) is 1. The van der Waals surface area contributed by atoms with Crippen molar-refractivity contribution in [2.75, 3.05) is 11.9 Å². The molecule has 0 fully saturated rings. The van der Waals surface area contributed by atoms with Gasteiger partial charge in [0.1, 0.15) is 12.4 Å². The van der Waals surface area contributed by atoms with Crippen molar-refractivity contribution in [1.29, 1.82) is 0 Å². The molecule has 3 aromatic rings. The molecule has 0 bridgehead atoms. The zero-order valence-electron chi connectivity index (χ0n) is 22.8. The Balaban J connectivity index is 1.85. The summed E-state index contributed by atoms with van der Waals surface area (Å²) in [7, 11) is 0. The number of aliphatic carboxylic acids is 1. The van der Waals surface area contributed by atoms with Crippen molar-refractivity contribution in [2.24, 2.45) is 5.92 Å². The molecule has 0 amide bonds. The Morgan fingerprint density at radius 2 is 1.95 bits per heavy atom. The average Bonchev–Trinajstić information content (AvgIpc) is 3.29. The van der Waals surface area contributed by atoms with Crippen molar-refractivity contribution in [2.45, 2.75) is 39.2 Å². The molecule has 0 radical (unpaired) electrons. The Morgan fingerprint density at radius 1 is 1.13 bits per heavy atom. The average molecular weight is 520 g/mol. The number of aromatic nitrogens is 2. The van der Waals surface area contributed by atoms with Gasteiger partial charge in [-0.2, -0.15) is 0 Å². The fourth-order valence-electron chi connectivity index (χ4n) is 4.87. The molecule has 2 N–H and O–H groups in total. The number of carboxylic acids is 1. The molecule has 1 aliphatic rings. The lowest BCUT2D eigenvalue weighted by atomic mass is 9.95. The number of anilines is 1. The van der Waals surface area contributed by atoms with Crippen LogP contribution >= 0.6 is 0 Å². The first-order chi connectivity index (χ1) is 19.0. The summed E-state index contributed by atoms with van der Waals surface area (Å²) in [6.07, 6.45) is 20.3. The monoisotopic (exact) mass is 519 g/mol. The van der Waals surface area contributed by atoms with Crippen molar-refractivity contribution in [1.82, 2.24) is 9.55 Å². The van der Waals surface area contributed by atoms with Crippen LogP contribution in [0.4, 0.5) is 5.69 Å². The molecule has 5 heteroatoms. The smallest absolute Gasteiger partial charge is 0.322 e. The lowest BCUT2D eigenvalue weighted by Gasteiger charge is -2.17. The van der Waals surface area contributed by atoms with Crippen LogP contribution in [0.5, 0.6) is 0 Å².